The van der Waals surface area contributed by atoms with Gasteiger partial charge in [-0.15, -0.1) is 0 Å². The Kier molecular flexibility index (Phi) is 5.88. The Labute approximate surface area is 192 Å². The Morgan fingerprint density at radius 1 is 1.03 bits per heavy atom. The predicted molar refractivity (Wildman–Crippen MR) is 124 cm³/mol. The number of nitro groups is 1. The molecule has 0 radical (unpaired) electrons. The van der Waals surface area contributed by atoms with E-state index >= 15 is 0 Å². The Balaban J connectivity index is 1.61. The van der Waals surface area contributed by atoms with Crippen LogP contribution in [0, 0.1) is 10.1 Å². The van der Waals surface area contributed by atoms with E-state index in [-0.39, 0.29) is 45.2 Å². The van der Waals surface area contributed by atoms with Crippen LogP contribution in [0.2, 0.25) is 0 Å². The lowest BCUT2D eigenvalue weighted by Crippen LogP contribution is -2.11. The third-order valence-corrected chi connectivity index (χ3v) is 5.10. The fourth-order valence-corrected chi connectivity index (χ4v) is 3.41. The van der Waals surface area contributed by atoms with E-state index in [2.05, 4.69) is 5.32 Å². The number of fused-ring (bicyclic) bond motifs is 1. The quantitative estimate of drug-likeness (QED) is 0.318. The minimum absolute atomic E-state index is 0.0307. The number of non-ortho nitro benzene ring substituents is 1. The third-order valence-electron chi connectivity index (χ3n) is 5.10. The molecule has 3 aromatic carbocycles. The Morgan fingerprint density at radius 3 is 2.29 bits per heavy atom. The number of carbonyl (C=O) groups excluding carboxylic acids is 1. The molecule has 1 heterocycles. The van der Waals surface area contributed by atoms with Crippen LogP contribution in [0.3, 0.4) is 0 Å². The van der Waals surface area contributed by atoms with E-state index in [9.17, 15) is 24.8 Å². The summed E-state index contributed by atoms with van der Waals surface area (Å²) >= 11 is 0. The van der Waals surface area contributed by atoms with Gasteiger partial charge in [-0.2, -0.15) is 0 Å². The lowest BCUT2D eigenvalue weighted by Gasteiger charge is -2.12. The number of phenols is 1. The predicted octanol–water partition coefficient (Wildman–Crippen LogP) is 4.34. The summed E-state index contributed by atoms with van der Waals surface area (Å²) in [5.74, 6) is -0.324. The molecule has 0 unspecified atom stereocenters. The highest BCUT2D eigenvalue weighted by Crippen LogP contribution is 2.42. The number of rotatable bonds is 6. The van der Waals surface area contributed by atoms with E-state index in [1.807, 2.05) is 0 Å². The van der Waals surface area contributed by atoms with Gasteiger partial charge in [0.05, 0.1) is 19.1 Å². The van der Waals surface area contributed by atoms with E-state index in [1.54, 1.807) is 24.3 Å². The van der Waals surface area contributed by atoms with Crippen molar-refractivity contribution >= 4 is 28.3 Å². The first-order valence-electron chi connectivity index (χ1n) is 9.90. The number of phenolic OH excluding ortho intramolecular Hbond substituents is 1. The van der Waals surface area contributed by atoms with Gasteiger partial charge >= 0.3 is 0 Å². The number of carbonyl (C=O) groups is 1. The molecule has 0 saturated carbocycles. The van der Waals surface area contributed by atoms with Crippen LogP contribution in [0.1, 0.15) is 10.4 Å². The molecule has 4 aromatic rings. The van der Waals surface area contributed by atoms with Gasteiger partial charge in [-0.1, -0.05) is 0 Å². The standard InChI is InChI=1S/C24H18N2O8/c1-32-20-12-19-21(22(28)23(20)33-2)17(27)11-18(34-19)13-3-7-15(8-4-13)25-24(29)14-5-9-16(10-6-14)26(30)31/h3-12,28H,1-2H3,(H,25,29). The zero-order chi connectivity index (χ0) is 24.4. The summed E-state index contributed by atoms with van der Waals surface area (Å²) in [5, 5.41) is 23.8. The second kappa shape index (κ2) is 8.94. The number of aromatic hydroxyl groups is 1. The third kappa shape index (κ3) is 4.11. The summed E-state index contributed by atoms with van der Waals surface area (Å²) in [5.41, 5.74) is 0.834. The van der Waals surface area contributed by atoms with Crippen LogP contribution < -0.4 is 20.2 Å². The average Bonchev–Trinajstić information content (AvgIpc) is 2.83. The van der Waals surface area contributed by atoms with Crippen LogP contribution >= 0.6 is 0 Å². The van der Waals surface area contributed by atoms with Crippen LogP contribution in [0.25, 0.3) is 22.3 Å². The molecule has 34 heavy (non-hydrogen) atoms. The first-order chi connectivity index (χ1) is 16.3. The molecule has 0 aliphatic rings. The van der Waals surface area contributed by atoms with E-state index in [0.29, 0.717) is 11.3 Å². The van der Waals surface area contributed by atoms with Gasteiger partial charge in [0.15, 0.2) is 16.9 Å². The smallest absolute Gasteiger partial charge is 0.269 e. The van der Waals surface area contributed by atoms with Crippen molar-refractivity contribution in [1.29, 1.82) is 0 Å². The highest BCUT2D eigenvalue weighted by atomic mass is 16.6. The number of hydrogen-bond donors (Lipinski definition) is 2. The van der Waals surface area contributed by atoms with Gasteiger partial charge < -0.3 is 24.3 Å². The van der Waals surface area contributed by atoms with Crippen LogP contribution in [-0.2, 0) is 0 Å². The van der Waals surface area contributed by atoms with Crippen LogP contribution in [0.15, 0.2) is 69.9 Å². The molecule has 0 bridgehead atoms. The molecule has 2 N–H and O–H groups in total. The number of anilines is 1. The average molecular weight is 462 g/mol. The molecule has 0 fully saturated rings. The maximum atomic E-state index is 12.7. The molecule has 0 aliphatic carbocycles. The summed E-state index contributed by atoms with van der Waals surface area (Å²) in [7, 11) is 2.75. The van der Waals surface area contributed by atoms with Crippen molar-refractivity contribution in [2.75, 3.05) is 19.5 Å². The van der Waals surface area contributed by atoms with E-state index in [0.717, 1.165) is 0 Å². The van der Waals surface area contributed by atoms with Gasteiger partial charge in [-0.3, -0.25) is 19.7 Å². The summed E-state index contributed by atoms with van der Waals surface area (Å²) in [6.45, 7) is 0. The Hall–Kier alpha value is -4.86. The lowest BCUT2D eigenvalue weighted by atomic mass is 10.1. The van der Waals surface area contributed by atoms with Gasteiger partial charge in [-0.25, -0.2) is 0 Å². The molecule has 0 atom stereocenters. The van der Waals surface area contributed by atoms with Crippen LogP contribution in [-0.4, -0.2) is 30.2 Å². The SMILES string of the molecule is COc1cc2oc(-c3ccc(NC(=O)c4ccc([N+](=O)[O-])cc4)cc3)cc(=O)c2c(O)c1OC. The molecular formula is C24H18N2O8. The van der Waals surface area contributed by atoms with Gasteiger partial charge in [-0.05, 0) is 36.4 Å². The van der Waals surface area contributed by atoms with Crippen molar-refractivity contribution in [2.24, 2.45) is 0 Å². The van der Waals surface area contributed by atoms with Gasteiger partial charge in [0.2, 0.25) is 5.75 Å². The van der Waals surface area contributed by atoms with Gasteiger partial charge in [0, 0.05) is 41.1 Å². The summed E-state index contributed by atoms with van der Waals surface area (Å²) in [6, 6.07) is 14.5. The van der Waals surface area contributed by atoms with E-state index in [4.69, 9.17) is 13.9 Å². The molecular weight excluding hydrogens is 444 g/mol. The number of nitrogens with zero attached hydrogens (tertiary/aromatic N) is 1. The molecule has 1 amide bonds. The number of amides is 1. The topological polar surface area (TPSA) is 141 Å². The lowest BCUT2D eigenvalue weighted by molar-refractivity contribution is -0.384. The minimum atomic E-state index is -0.542. The Morgan fingerprint density at radius 2 is 1.71 bits per heavy atom. The van der Waals surface area contributed by atoms with Crippen molar-refractivity contribution in [3.05, 3.63) is 86.6 Å². The van der Waals surface area contributed by atoms with Crippen molar-refractivity contribution in [3.63, 3.8) is 0 Å². The number of nitro benzene ring substituents is 1. The normalized spacial score (nSPS) is 10.6. The molecule has 1 aromatic heterocycles. The fraction of sp³-hybridized carbons (Fsp3) is 0.0833. The molecule has 0 saturated heterocycles. The molecule has 0 spiro atoms. The monoisotopic (exact) mass is 462 g/mol. The van der Waals surface area contributed by atoms with Crippen LogP contribution in [0.4, 0.5) is 11.4 Å². The highest BCUT2D eigenvalue weighted by Gasteiger charge is 2.19. The zero-order valence-corrected chi connectivity index (χ0v) is 18.0. The van der Waals surface area contributed by atoms with E-state index in [1.165, 1.54) is 50.6 Å². The van der Waals surface area contributed by atoms with Crippen molar-refractivity contribution in [2.45, 2.75) is 0 Å². The molecule has 10 nitrogen and oxygen atoms in total. The second-order valence-corrected chi connectivity index (χ2v) is 7.14. The zero-order valence-electron chi connectivity index (χ0n) is 18.0. The maximum Gasteiger partial charge on any atom is 0.269 e. The first kappa shape index (κ1) is 22.3. The number of hydrogen-bond acceptors (Lipinski definition) is 8. The van der Waals surface area contributed by atoms with Crippen molar-refractivity contribution in [1.82, 2.24) is 0 Å². The highest BCUT2D eigenvalue weighted by molar-refractivity contribution is 6.04. The maximum absolute atomic E-state index is 12.7. The largest absolute Gasteiger partial charge is 0.504 e. The van der Waals surface area contributed by atoms with Crippen LogP contribution in [0.5, 0.6) is 17.2 Å². The minimum Gasteiger partial charge on any atom is -0.504 e. The Bertz CT molecular complexity index is 1460. The number of benzene rings is 3. The fourth-order valence-electron chi connectivity index (χ4n) is 3.41. The van der Waals surface area contributed by atoms with E-state index < -0.39 is 16.3 Å². The van der Waals surface area contributed by atoms with Crippen molar-refractivity contribution < 1.29 is 28.7 Å². The molecule has 4 rings (SSSR count). The van der Waals surface area contributed by atoms with Gasteiger partial charge in [0.25, 0.3) is 11.6 Å². The summed E-state index contributed by atoms with van der Waals surface area (Å²) in [6.07, 6.45) is 0. The summed E-state index contributed by atoms with van der Waals surface area (Å²) in [4.78, 5) is 35.3. The first-order valence-corrected chi connectivity index (χ1v) is 9.90. The number of methoxy groups -OCH3 is 2. The molecule has 0 aliphatic heterocycles. The number of ether oxygens (including phenoxy) is 2. The second-order valence-electron chi connectivity index (χ2n) is 7.14. The molecule has 172 valence electrons. The summed E-state index contributed by atoms with van der Waals surface area (Å²) < 4.78 is 16.1. The van der Waals surface area contributed by atoms with Gasteiger partial charge in [0.1, 0.15) is 16.7 Å². The van der Waals surface area contributed by atoms with Crippen molar-refractivity contribution in [3.8, 4) is 28.6 Å². The number of nitrogens with one attached hydrogen (secondary N) is 1. The molecule has 10 heteroatoms.